The number of likely N-dealkylation sites (N-methyl/N-ethyl adjacent to an activating group) is 1. The van der Waals surface area contributed by atoms with Gasteiger partial charge in [-0.15, -0.1) is 6.58 Å². The molecule has 0 radical (unpaired) electrons. The average molecular weight is 408 g/mol. The minimum absolute atomic E-state index is 0.146. The van der Waals surface area contributed by atoms with E-state index in [1.54, 1.807) is 0 Å². The molecule has 154 valence electrons. The number of benzene rings is 3. The van der Waals surface area contributed by atoms with Crippen LogP contribution in [0.5, 0.6) is 0 Å². The highest BCUT2D eigenvalue weighted by Gasteiger charge is 2.42. The number of para-hydroxylation sites is 2. The molecule has 0 fully saturated rings. The zero-order valence-corrected chi connectivity index (χ0v) is 18.3. The molecule has 31 heavy (non-hydrogen) atoms. The fourth-order valence-corrected chi connectivity index (χ4v) is 5.03. The van der Waals surface area contributed by atoms with Crippen molar-refractivity contribution in [3.8, 4) is 0 Å². The number of nitrogens with zero attached hydrogens (tertiary/aromatic N) is 2. The highest BCUT2D eigenvalue weighted by molar-refractivity contribution is 5.95. The van der Waals surface area contributed by atoms with E-state index < -0.39 is 0 Å². The van der Waals surface area contributed by atoms with Crippen LogP contribution >= 0.6 is 0 Å². The molecule has 0 aliphatic carbocycles. The molecular weight excluding hydrogens is 380 g/mol. The lowest BCUT2D eigenvalue weighted by atomic mass is 9.76. The Morgan fingerprint density at radius 1 is 1.06 bits per heavy atom. The number of anilines is 1. The van der Waals surface area contributed by atoms with Crippen molar-refractivity contribution in [2.24, 2.45) is 7.05 Å². The molecule has 1 aliphatic rings. The Kier molecular flexibility index (Phi) is 4.55. The van der Waals surface area contributed by atoms with E-state index in [1.165, 1.54) is 27.7 Å². The maximum atomic E-state index is 6.03. The van der Waals surface area contributed by atoms with E-state index in [0.29, 0.717) is 0 Å². The normalized spacial score (nSPS) is 19.7. The maximum absolute atomic E-state index is 6.03. The quantitative estimate of drug-likeness (QED) is 0.293. The van der Waals surface area contributed by atoms with Crippen molar-refractivity contribution in [1.82, 2.24) is 0 Å². The Balaban J connectivity index is 1.61. The predicted octanol–water partition coefficient (Wildman–Crippen LogP) is 6.29. The third kappa shape index (κ3) is 2.92. The average Bonchev–Trinajstić information content (AvgIpc) is 3.21. The van der Waals surface area contributed by atoms with Gasteiger partial charge in [-0.2, -0.15) is 4.57 Å². The van der Waals surface area contributed by atoms with Gasteiger partial charge in [0.15, 0.2) is 0 Å². The van der Waals surface area contributed by atoms with Gasteiger partial charge < -0.3 is 9.32 Å². The number of fused-ring (bicyclic) bond motifs is 4. The zero-order chi connectivity index (χ0) is 21.6. The molecule has 3 nitrogen and oxygen atoms in total. The smallest absolute Gasteiger partial charge is 0.373 e. The van der Waals surface area contributed by atoms with Gasteiger partial charge in [-0.3, -0.25) is 0 Å². The highest BCUT2D eigenvalue weighted by Crippen LogP contribution is 2.52. The molecule has 1 aromatic heterocycles. The fourth-order valence-electron chi connectivity index (χ4n) is 5.03. The van der Waals surface area contributed by atoms with Crippen molar-refractivity contribution in [2.45, 2.75) is 18.8 Å². The second kappa shape index (κ2) is 7.28. The van der Waals surface area contributed by atoms with E-state index in [1.807, 2.05) is 37.4 Å². The Hall–Kier alpha value is -3.59. The molecule has 0 amide bonds. The number of aromatic nitrogens is 1. The Labute approximate surface area is 183 Å². The molecule has 0 saturated heterocycles. The second-order valence-corrected chi connectivity index (χ2v) is 8.44. The first-order valence-corrected chi connectivity index (χ1v) is 10.7. The van der Waals surface area contributed by atoms with Gasteiger partial charge in [0.05, 0.1) is 6.08 Å². The van der Waals surface area contributed by atoms with Crippen LogP contribution in [-0.2, 0) is 12.5 Å². The van der Waals surface area contributed by atoms with E-state index in [4.69, 9.17) is 4.42 Å². The molecule has 5 rings (SSSR count). The summed E-state index contributed by atoms with van der Waals surface area (Å²) in [7, 11) is 4.19. The van der Waals surface area contributed by atoms with Crippen molar-refractivity contribution < 1.29 is 8.98 Å². The SMILES string of the molecule is C=CCC1(C)/C(=C\C=C\c2oc3ccccc3[n+]2C)N(C)c2ccc3ccccc3c21. The summed E-state index contributed by atoms with van der Waals surface area (Å²) in [4.78, 5) is 2.31. The van der Waals surface area contributed by atoms with Crippen LogP contribution in [0.2, 0.25) is 0 Å². The van der Waals surface area contributed by atoms with Crippen molar-refractivity contribution in [1.29, 1.82) is 0 Å². The minimum Gasteiger partial charge on any atom is -0.398 e. The van der Waals surface area contributed by atoms with Crippen LogP contribution in [0.25, 0.3) is 27.9 Å². The monoisotopic (exact) mass is 407 g/mol. The predicted molar refractivity (Wildman–Crippen MR) is 129 cm³/mol. The molecule has 3 aromatic carbocycles. The lowest BCUT2D eigenvalue weighted by Gasteiger charge is -2.28. The first kappa shape index (κ1) is 19.4. The van der Waals surface area contributed by atoms with Crippen LogP contribution in [0.15, 0.2) is 95.6 Å². The molecule has 0 N–H and O–H groups in total. The van der Waals surface area contributed by atoms with E-state index in [9.17, 15) is 0 Å². The van der Waals surface area contributed by atoms with Gasteiger partial charge in [-0.1, -0.05) is 54.6 Å². The summed E-state index contributed by atoms with van der Waals surface area (Å²) in [5.41, 5.74) is 5.73. The third-order valence-electron chi connectivity index (χ3n) is 6.56. The topological polar surface area (TPSA) is 20.3 Å². The van der Waals surface area contributed by atoms with E-state index in [-0.39, 0.29) is 5.41 Å². The molecule has 3 heteroatoms. The number of hydrogen-bond acceptors (Lipinski definition) is 2. The largest absolute Gasteiger partial charge is 0.398 e. The summed E-state index contributed by atoms with van der Waals surface area (Å²) in [5.74, 6) is 0.826. The molecule has 1 unspecified atom stereocenters. The fraction of sp³-hybridized carbons (Fsp3) is 0.179. The van der Waals surface area contributed by atoms with Crippen molar-refractivity contribution in [3.05, 3.63) is 103 Å². The van der Waals surface area contributed by atoms with Crippen LogP contribution in [-0.4, -0.2) is 7.05 Å². The van der Waals surface area contributed by atoms with Gasteiger partial charge in [-0.05, 0) is 47.9 Å². The van der Waals surface area contributed by atoms with E-state index in [2.05, 4.69) is 84.6 Å². The zero-order valence-electron chi connectivity index (χ0n) is 18.3. The summed E-state index contributed by atoms with van der Waals surface area (Å²) in [5, 5.41) is 2.59. The van der Waals surface area contributed by atoms with Crippen molar-refractivity contribution in [2.75, 3.05) is 11.9 Å². The summed E-state index contributed by atoms with van der Waals surface area (Å²) >= 11 is 0. The number of aryl methyl sites for hydroxylation is 1. The lowest BCUT2D eigenvalue weighted by Crippen LogP contribution is -2.29. The molecule has 1 atom stereocenters. The molecule has 4 aromatic rings. The van der Waals surface area contributed by atoms with Gasteiger partial charge >= 0.3 is 5.89 Å². The number of oxazole rings is 1. The number of allylic oxidation sites excluding steroid dienone is 4. The van der Waals surface area contributed by atoms with Crippen LogP contribution < -0.4 is 9.47 Å². The molecule has 0 saturated carbocycles. The molecular formula is C28H27N2O+. The van der Waals surface area contributed by atoms with Gasteiger partial charge in [0, 0.05) is 29.9 Å². The van der Waals surface area contributed by atoms with Gasteiger partial charge in [0.25, 0.3) is 5.52 Å². The summed E-state index contributed by atoms with van der Waals surface area (Å²) in [6, 6.07) is 21.2. The second-order valence-electron chi connectivity index (χ2n) is 8.44. The van der Waals surface area contributed by atoms with Crippen LogP contribution in [0.4, 0.5) is 5.69 Å². The standard InChI is InChI=1S/C28H27N2O/c1-5-19-28(2)25(15-10-16-26-30(4)22-13-8-9-14-24(22)31-26)29(3)23-18-17-20-11-6-7-12-21(20)27(23)28/h5-18H,1,19H2,2-4H3/q+1. The summed E-state index contributed by atoms with van der Waals surface area (Å²) < 4.78 is 8.10. The molecule has 2 heterocycles. The number of rotatable bonds is 4. The van der Waals surface area contributed by atoms with Gasteiger partial charge in [0.2, 0.25) is 5.58 Å². The van der Waals surface area contributed by atoms with E-state index >= 15 is 0 Å². The maximum Gasteiger partial charge on any atom is 0.373 e. The first-order valence-electron chi connectivity index (χ1n) is 10.7. The van der Waals surface area contributed by atoms with Gasteiger partial charge in [-0.25, -0.2) is 0 Å². The highest BCUT2D eigenvalue weighted by atomic mass is 16.3. The number of hydrogen-bond donors (Lipinski definition) is 0. The molecule has 0 bridgehead atoms. The Morgan fingerprint density at radius 3 is 2.65 bits per heavy atom. The minimum atomic E-state index is -0.146. The third-order valence-corrected chi connectivity index (χ3v) is 6.56. The lowest BCUT2D eigenvalue weighted by molar-refractivity contribution is -0.652. The van der Waals surface area contributed by atoms with Crippen LogP contribution in [0, 0.1) is 0 Å². The first-order chi connectivity index (χ1) is 15.0. The molecule has 0 spiro atoms. The van der Waals surface area contributed by atoms with Crippen LogP contribution in [0.3, 0.4) is 0 Å². The summed E-state index contributed by atoms with van der Waals surface area (Å²) in [6.07, 6.45) is 9.25. The Bertz CT molecular complexity index is 1370. The summed E-state index contributed by atoms with van der Waals surface area (Å²) in [6.45, 7) is 6.39. The van der Waals surface area contributed by atoms with E-state index in [0.717, 1.165) is 23.4 Å². The van der Waals surface area contributed by atoms with Gasteiger partial charge in [0.1, 0.15) is 7.05 Å². The molecule has 1 aliphatic heterocycles. The van der Waals surface area contributed by atoms with Crippen LogP contribution in [0.1, 0.15) is 24.8 Å². The van der Waals surface area contributed by atoms with Crippen molar-refractivity contribution >= 4 is 33.6 Å². The Morgan fingerprint density at radius 2 is 1.84 bits per heavy atom. The van der Waals surface area contributed by atoms with Crippen molar-refractivity contribution in [3.63, 3.8) is 0 Å².